The SMILES string of the molecule is CC(C)(C)C1=CN(c2ccccc2C(C)(C)C)[CH-]N1c1[c-]c(Oc2[c-]c3c(cc2)c2ccccc2n3-c2cc(C(C)(C)C)ccn2)ccc1.[Pt]. The molecule has 0 atom stereocenters. The quantitative estimate of drug-likeness (QED) is 0.162. The molecular formula is C44H45N4OPt-3. The molecular weight excluding hydrogens is 796 g/mol. The van der Waals surface area contributed by atoms with Gasteiger partial charge in [-0.2, -0.15) is 12.1 Å². The van der Waals surface area contributed by atoms with E-state index < -0.39 is 0 Å². The average molecular weight is 841 g/mol. The summed E-state index contributed by atoms with van der Waals surface area (Å²) in [5.74, 6) is 2.11. The minimum atomic E-state index is -0.114. The van der Waals surface area contributed by atoms with Crippen molar-refractivity contribution in [3.63, 3.8) is 0 Å². The van der Waals surface area contributed by atoms with Gasteiger partial charge in [0.15, 0.2) is 0 Å². The fourth-order valence-electron chi connectivity index (χ4n) is 6.56. The summed E-state index contributed by atoms with van der Waals surface area (Å²) in [5.41, 5.74) is 7.67. The van der Waals surface area contributed by atoms with Gasteiger partial charge in [0.05, 0.1) is 0 Å². The number of ether oxygens (including phenoxy) is 1. The molecule has 0 aliphatic carbocycles. The predicted molar refractivity (Wildman–Crippen MR) is 203 cm³/mol. The van der Waals surface area contributed by atoms with Gasteiger partial charge < -0.3 is 19.1 Å². The molecule has 1 aliphatic rings. The fourth-order valence-corrected chi connectivity index (χ4v) is 6.56. The van der Waals surface area contributed by atoms with E-state index in [1.807, 2.05) is 24.4 Å². The molecule has 1 aliphatic heterocycles. The molecule has 6 aromatic rings. The van der Waals surface area contributed by atoms with E-state index in [1.165, 1.54) is 22.5 Å². The number of anilines is 2. The van der Waals surface area contributed by atoms with E-state index in [-0.39, 0.29) is 37.3 Å². The van der Waals surface area contributed by atoms with Crippen LogP contribution in [0.4, 0.5) is 11.4 Å². The predicted octanol–water partition coefficient (Wildman–Crippen LogP) is 11.5. The van der Waals surface area contributed by atoms with Gasteiger partial charge in [-0.25, -0.2) is 4.98 Å². The number of benzene rings is 4. The molecule has 0 N–H and O–H groups in total. The fraction of sp³-hybridized carbons (Fsp3) is 0.273. The van der Waals surface area contributed by atoms with Gasteiger partial charge in [-0.15, -0.1) is 48.1 Å². The van der Waals surface area contributed by atoms with Gasteiger partial charge in [-0.3, -0.25) is 0 Å². The number of pyridine rings is 1. The van der Waals surface area contributed by atoms with Crippen molar-refractivity contribution in [2.45, 2.75) is 73.1 Å². The Morgan fingerprint density at radius 3 is 2.14 bits per heavy atom. The summed E-state index contributed by atoms with van der Waals surface area (Å²) in [5, 5.41) is 2.26. The molecule has 0 fully saturated rings. The summed E-state index contributed by atoms with van der Waals surface area (Å²) in [6.45, 7) is 22.4. The number of para-hydroxylation sites is 2. The van der Waals surface area contributed by atoms with E-state index in [0.717, 1.165) is 33.3 Å². The zero-order valence-corrected chi connectivity index (χ0v) is 32.7. The Bertz CT molecular complexity index is 2210. The first-order chi connectivity index (χ1) is 23.2. The van der Waals surface area contributed by atoms with Gasteiger partial charge in [0.25, 0.3) is 0 Å². The monoisotopic (exact) mass is 840 g/mol. The Morgan fingerprint density at radius 1 is 0.680 bits per heavy atom. The number of nitrogens with zero attached hydrogens (tertiary/aromatic N) is 4. The maximum atomic E-state index is 6.53. The van der Waals surface area contributed by atoms with Crippen LogP contribution in [0.5, 0.6) is 11.5 Å². The summed E-state index contributed by atoms with van der Waals surface area (Å²) in [4.78, 5) is 9.29. The van der Waals surface area contributed by atoms with Crippen LogP contribution in [0.15, 0.2) is 109 Å². The Balaban J connectivity index is 0.00000432. The van der Waals surface area contributed by atoms with Gasteiger partial charge in [0.1, 0.15) is 5.82 Å². The van der Waals surface area contributed by atoms with Crippen molar-refractivity contribution in [1.29, 1.82) is 0 Å². The van der Waals surface area contributed by atoms with Crippen LogP contribution < -0.4 is 14.5 Å². The van der Waals surface area contributed by atoms with Gasteiger partial charge in [-0.1, -0.05) is 104 Å². The zero-order chi connectivity index (χ0) is 34.7. The first-order valence-electron chi connectivity index (χ1n) is 17.1. The van der Waals surface area contributed by atoms with Crippen molar-refractivity contribution >= 4 is 33.2 Å². The smallest absolute Gasteiger partial charge is 0.135 e. The molecule has 0 amide bonds. The van der Waals surface area contributed by atoms with Crippen LogP contribution >= 0.6 is 0 Å². The molecule has 0 spiro atoms. The third-order valence-electron chi connectivity index (χ3n) is 9.15. The Morgan fingerprint density at radius 2 is 1.40 bits per heavy atom. The maximum absolute atomic E-state index is 6.53. The second kappa shape index (κ2) is 13.1. The van der Waals surface area contributed by atoms with E-state index in [4.69, 9.17) is 9.72 Å². The molecule has 0 saturated heterocycles. The normalized spacial score (nSPS) is 13.9. The molecule has 0 unspecified atom stereocenters. The van der Waals surface area contributed by atoms with E-state index >= 15 is 0 Å². The molecule has 0 saturated carbocycles. The second-order valence-electron chi connectivity index (χ2n) is 16.0. The van der Waals surface area contributed by atoms with Gasteiger partial charge in [0.2, 0.25) is 0 Å². The van der Waals surface area contributed by atoms with Gasteiger partial charge >= 0.3 is 0 Å². The molecule has 50 heavy (non-hydrogen) atoms. The van der Waals surface area contributed by atoms with E-state index in [1.54, 1.807) is 0 Å². The standard InChI is InChI=1S/C44H45N4O.Pt/c1-42(2,3)30-23-24-45-41(25-30)48-37-19-12-10-17-34(37)35-22-21-33(27-39(35)48)49-32-16-14-15-31(26-32)47-29-46(28-40(47)44(7,8)9)38-20-13-11-18-36(38)43(4,5)6;/h10-25,28-29H,1-9H3;/q-3;. The Hall–Kier alpha value is -4.34. The molecule has 4 aromatic carbocycles. The molecule has 0 radical (unpaired) electrons. The molecule has 3 heterocycles. The third-order valence-corrected chi connectivity index (χ3v) is 9.15. The number of fused-ring (bicyclic) bond motifs is 3. The van der Waals surface area contributed by atoms with Crippen molar-refractivity contribution in [3.8, 4) is 17.3 Å². The van der Waals surface area contributed by atoms with Crippen LogP contribution in [0.1, 0.15) is 73.4 Å². The van der Waals surface area contributed by atoms with Crippen LogP contribution in [-0.4, -0.2) is 9.55 Å². The number of hydrogen-bond acceptors (Lipinski definition) is 4. The minimum absolute atomic E-state index is 0. The zero-order valence-electron chi connectivity index (χ0n) is 30.4. The molecule has 7 rings (SSSR count). The third kappa shape index (κ3) is 6.73. The van der Waals surface area contributed by atoms with Gasteiger partial charge in [-0.05, 0) is 57.8 Å². The van der Waals surface area contributed by atoms with Crippen LogP contribution in [0, 0.1) is 24.2 Å². The van der Waals surface area contributed by atoms with Crippen LogP contribution in [-0.2, 0) is 31.9 Å². The van der Waals surface area contributed by atoms with Crippen molar-refractivity contribution in [3.05, 3.63) is 139 Å². The van der Waals surface area contributed by atoms with E-state index in [9.17, 15) is 0 Å². The van der Waals surface area contributed by atoms with Crippen LogP contribution in [0.3, 0.4) is 0 Å². The largest absolute Gasteiger partial charge is 0.509 e. The van der Waals surface area contributed by atoms with Gasteiger partial charge in [0, 0.05) is 61.1 Å². The maximum Gasteiger partial charge on any atom is 0.135 e. The summed E-state index contributed by atoms with van der Waals surface area (Å²) in [7, 11) is 0. The number of aromatic nitrogens is 2. The summed E-state index contributed by atoms with van der Waals surface area (Å²) in [6, 6.07) is 38.7. The van der Waals surface area contributed by atoms with Crippen molar-refractivity contribution in [2.24, 2.45) is 5.41 Å². The van der Waals surface area contributed by atoms with Crippen molar-refractivity contribution in [2.75, 3.05) is 9.80 Å². The number of allylic oxidation sites excluding steroid dienone is 1. The summed E-state index contributed by atoms with van der Waals surface area (Å²) in [6.07, 6.45) is 4.14. The number of hydrogen-bond donors (Lipinski definition) is 0. The first kappa shape index (κ1) is 35.5. The van der Waals surface area contributed by atoms with Crippen LogP contribution in [0.25, 0.3) is 27.6 Å². The molecule has 0 bridgehead atoms. The Kier molecular flexibility index (Phi) is 9.29. The number of rotatable bonds is 5. The summed E-state index contributed by atoms with van der Waals surface area (Å²) < 4.78 is 8.72. The van der Waals surface area contributed by atoms with E-state index in [0.29, 0.717) is 11.5 Å². The Labute approximate surface area is 311 Å². The average Bonchev–Trinajstić information content (AvgIpc) is 3.65. The summed E-state index contributed by atoms with van der Waals surface area (Å²) >= 11 is 0. The second-order valence-corrected chi connectivity index (χ2v) is 16.0. The topological polar surface area (TPSA) is 33.5 Å². The minimum Gasteiger partial charge on any atom is -0.509 e. The van der Waals surface area contributed by atoms with Crippen LogP contribution in [0.2, 0.25) is 0 Å². The molecule has 5 nitrogen and oxygen atoms in total. The van der Waals surface area contributed by atoms with E-state index in [2.05, 4.69) is 174 Å². The molecule has 6 heteroatoms. The molecule has 260 valence electrons. The first-order valence-corrected chi connectivity index (χ1v) is 17.1. The molecule has 2 aromatic heterocycles. The van der Waals surface area contributed by atoms with Crippen molar-refractivity contribution < 1.29 is 25.8 Å². The van der Waals surface area contributed by atoms with Crippen molar-refractivity contribution in [1.82, 2.24) is 9.55 Å².